The fourth-order valence-corrected chi connectivity index (χ4v) is 6.30. The van der Waals surface area contributed by atoms with E-state index in [0.717, 1.165) is 11.5 Å². The third kappa shape index (κ3) is 4.84. The number of likely N-dealkylation sites (tertiary alicyclic amines) is 1. The summed E-state index contributed by atoms with van der Waals surface area (Å²) >= 11 is 0. The molecule has 0 saturated carbocycles. The van der Waals surface area contributed by atoms with Gasteiger partial charge in [-0.2, -0.15) is 0 Å². The normalized spacial score (nSPS) is 15.6. The number of nitrogens with zero attached hydrogens (tertiary/aromatic N) is 2. The zero-order valence-corrected chi connectivity index (χ0v) is 20.6. The highest BCUT2D eigenvalue weighted by Gasteiger charge is 2.38. The zero-order valence-electron chi connectivity index (χ0n) is 19.8. The Morgan fingerprint density at radius 2 is 1.62 bits per heavy atom. The maximum absolute atomic E-state index is 14.2. The number of carbonyl (C=O) groups excluding carboxylic acids is 1. The fourth-order valence-electron chi connectivity index (χ4n) is 4.76. The van der Waals surface area contributed by atoms with Gasteiger partial charge in [-0.25, -0.2) is 17.2 Å². The van der Waals surface area contributed by atoms with E-state index < -0.39 is 27.1 Å². The van der Waals surface area contributed by atoms with Crippen LogP contribution in [0.2, 0.25) is 0 Å². The van der Waals surface area contributed by atoms with E-state index in [0.29, 0.717) is 16.6 Å². The van der Waals surface area contributed by atoms with Crippen LogP contribution in [0.5, 0.6) is 0 Å². The molecular formula is C28H24F2N2O4S. The fraction of sp³-hybridized carbons (Fsp3) is 0.214. The van der Waals surface area contributed by atoms with Crippen LogP contribution in [0.3, 0.4) is 0 Å². The van der Waals surface area contributed by atoms with Crippen LogP contribution in [0.25, 0.3) is 10.9 Å². The van der Waals surface area contributed by atoms with Crippen LogP contribution in [0, 0.1) is 11.6 Å². The number of benzene rings is 3. The summed E-state index contributed by atoms with van der Waals surface area (Å²) in [6.45, 7) is 0.324. The lowest BCUT2D eigenvalue weighted by Gasteiger charge is -2.38. The van der Waals surface area contributed by atoms with Gasteiger partial charge in [0.25, 0.3) is 5.91 Å². The highest BCUT2D eigenvalue weighted by atomic mass is 32.2. The van der Waals surface area contributed by atoms with Gasteiger partial charge in [0.1, 0.15) is 0 Å². The molecule has 0 aliphatic carbocycles. The Bertz CT molecular complexity index is 1580. The van der Waals surface area contributed by atoms with Gasteiger partial charge in [-0.3, -0.25) is 9.78 Å². The maximum Gasteiger partial charge on any atom is 0.253 e. The lowest BCUT2D eigenvalue weighted by molar-refractivity contribution is -0.0240. The van der Waals surface area contributed by atoms with Crippen LogP contribution < -0.4 is 0 Å². The number of pyridine rings is 1. The molecule has 0 bridgehead atoms. The first-order valence-electron chi connectivity index (χ1n) is 11.8. The molecule has 1 aromatic heterocycles. The van der Waals surface area contributed by atoms with Gasteiger partial charge in [0, 0.05) is 35.8 Å². The van der Waals surface area contributed by atoms with Crippen molar-refractivity contribution in [1.82, 2.24) is 9.88 Å². The molecule has 37 heavy (non-hydrogen) atoms. The standard InChI is InChI=1S/C28H24F2N2O4S/c29-23-7-2-6-22(25(23)30)28(34)13-16-32(17-14-28)27(33)21-11-9-19(10-12-21)18-37(35,36)24-8-1-4-20-5-3-15-31-26(20)24/h1-12,15,34H,13-14,16-18H2. The number of rotatable bonds is 5. The van der Waals surface area contributed by atoms with E-state index in [-0.39, 0.29) is 48.1 Å². The number of hydrogen-bond acceptors (Lipinski definition) is 5. The summed E-state index contributed by atoms with van der Waals surface area (Å²) in [5.41, 5.74) is -0.349. The van der Waals surface area contributed by atoms with E-state index in [4.69, 9.17) is 0 Å². The molecule has 190 valence electrons. The summed E-state index contributed by atoms with van der Waals surface area (Å²) in [6.07, 6.45) is 1.68. The highest BCUT2D eigenvalue weighted by molar-refractivity contribution is 7.90. The largest absolute Gasteiger partial charge is 0.385 e. The van der Waals surface area contributed by atoms with Crippen molar-refractivity contribution in [1.29, 1.82) is 0 Å². The second kappa shape index (κ2) is 9.64. The van der Waals surface area contributed by atoms with Crippen molar-refractivity contribution in [3.05, 3.63) is 107 Å². The average molecular weight is 523 g/mol. The Labute approximate surface area is 213 Å². The second-order valence-corrected chi connectivity index (χ2v) is 11.2. The first-order chi connectivity index (χ1) is 17.7. The lowest BCUT2D eigenvalue weighted by atomic mass is 9.84. The maximum atomic E-state index is 14.2. The first-order valence-corrected chi connectivity index (χ1v) is 13.4. The molecule has 0 radical (unpaired) electrons. The topological polar surface area (TPSA) is 87.6 Å². The minimum Gasteiger partial charge on any atom is -0.385 e. The number of aliphatic hydroxyl groups is 1. The molecule has 0 unspecified atom stereocenters. The Hall–Kier alpha value is -3.69. The summed E-state index contributed by atoms with van der Waals surface area (Å²) in [5.74, 6) is -2.63. The molecule has 5 rings (SSSR count). The summed E-state index contributed by atoms with van der Waals surface area (Å²) in [4.78, 5) is 18.9. The molecule has 1 N–H and O–H groups in total. The molecule has 9 heteroatoms. The third-order valence-electron chi connectivity index (χ3n) is 6.82. The smallest absolute Gasteiger partial charge is 0.253 e. The van der Waals surface area contributed by atoms with Crippen molar-refractivity contribution in [3.8, 4) is 0 Å². The quantitative estimate of drug-likeness (QED) is 0.414. The zero-order chi connectivity index (χ0) is 26.2. The molecule has 0 spiro atoms. The van der Waals surface area contributed by atoms with Crippen molar-refractivity contribution in [3.63, 3.8) is 0 Å². The second-order valence-electron chi connectivity index (χ2n) is 9.21. The summed E-state index contributed by atoms with van der Waals surface area (Å²) in [7, 11) is -3.68. The number of sulfone groups is 1. The number of fused-ring (bicyclic) bond motifs is 1. The molecule has 1 saturated heterocycles. The molecule has 4 aromatic rings. The van der Waals surface area contributed by atoms with E-state index in [1.54, 1.807) is 59.6 Å². The van der Waals surface area contributed by atoms with Crippen molar-refractivity contribution < 1.29 is 27.1 Å². The van der Waals surface area contributed by atoms with Crippen molar-refractivity contribution in [2.75, 3.05) is 13.1 Å². The number of amides is 1. The van der Waals surface area contributed by atoms with Crippen molar-refractivity contribution >= 4 is 26.6 Å². The molecule has 3 aromatic carbocycles. The number of para-hydroxylation sites is 1. The van der Waals surface area contributed by atoms with Crippen LogP contribution in [0.15, 0.2) is 83.9 Å². The average Bonchev–Trinajstić information content (AvgIpc) is 2.90. The Balaban J connectivity index is 1.27. The van der Waals surface area contributed by atoms with E-state index in [1.165, 1.54) is 18.2 Å². The molecule has 6 nitrogen and oxygen atoms in total. The van der Waals surface area contributed by atoms with Crippen LogP contribution in [0.1, 0.15) is 34.3 Å². The van der Waals surface area contributed by atoms with E-state index in [9.17, 15) is 27.1 Å². The number of piperidine rings is 1. The lowest BCUT2D eigenvalue weighted by Crippen LogP contribution is -2.45. The molecule has 1 aliphatic heterocycles. The minimum absolute atomic E-state index is 0.0640. The van der Waals surface area contributed by atoms with Gasteiger partial charge in [-0.1, -0.05) is 42.5 Å². The third-order valence-corrected chi connectivity index (χ3v) is 8.53. The predicted molar refractivity (Wildman–Crippen MR) is 134 cm³/mol. The van der Waals surface area contributed by atoms with Gasteiger partial charge < -0.3 is 10.0 Å². The van der Waals surface area contributed by atoms with Crippen LogP contribution in [0.4, 0.5) is 8.78 Å². The molecular weight excluding hydrogens is 498 g/mol. The van der Waals surface area contributed by atoms with Crippen LogP contribution >= 0.6 is 0 Å². The van der Waals surface area contributed by atoms with Crippen LogP contribution in [-0.2, 0) is 21.2 Å². The monoisotopic (exact) mass is 522 g/mol. The molecule has 1 amide bonds. The Morgan fingerprint density at radius 1 is 0.946 bits per heavy atom. The summed E-state index contributed by atoms with van der Waals surface area (Å²) < 4.78 is 54.1. The van der Waals surface area contributed by atoms with Gasteiger partial charge in [0.2, 0.25) is 0 Å². The molecule has 1 fully saturated rings. The first kappa shape index (κ1) is 25.0. The van der Waals surface area contributed by atoms with Gasteiger partial charge in [0.05, 0.1) is 21.8 Å². The van der Waals surface area contributed by atoms with E-state index in [1.807, 2.05) is 0 Å². The number of aromatic nitrogens is 1. The predicted octanol–water partition coefficient (Wildman–Crippen LogP) is 4.61. The van der Waals surface area contributed by atoms with Crippen molar-refractivity contribution in [2.24, 2.45) is 0 Å². The van der Waals surface area contributed by atoms with Crippen LogP contribution in [-0.4, -0.2) is 42.4 Å². The van der Waals surface area contributed by atoms with Gasteiger partial charge >= 0.3 is 0 Å². The van der Waals surface area contributed by atoms with Gasteiger partial charge in [-0.15, -0.1) is 0 Å². The number of halogens is 2. The van der Waals surface area contributed by atoms with Gasteiger partial charge in [-0.05, 0) is 48.7 Å². The van der Waals surface area contributed by atoms with Crippen molar-refractivity contribution in [2.45, 2.75) is 29.1 Å². The minimum atomic E-state index is -3.68. The Kier molecular flexibility index (Phi) is 6.51. The SMILES string of the molecule is O=C(c1ccc(CS(=O)(=O)c2cccc3cccnc23)cc1)N1CCC(O)(c2cccc(F)c2F)CC1. The summed E-state index contributed by atoms with van der Waals surface area (Å²) in [6, 6.07) is 18.6. The van der Waals surface area contributed by atoms with E-state index >= 15 is 0 Å². The van der Waals surface area contributed by atoms with Gasteiger partial charge in [0.15, 0.2) is 21.5 Å². The summed E-state index contributed by atoms with van der Waals surface area (Å²) in [5, 5.41) is 11.7. The highest BCUT2D eigenvalue weighted by Crippen LogP contribution is 2.35. The molecule has 1 aliphatic rings. The number of carbonyl (C=O) groups is 1. The molecule has 2 heterocycles. The number of hydrogen-bond donors (Lipinski definition) is 1. The molecule has 0 atom stereocenters. The van der Waals surface area contributed by atoms with E-state index in [2.05, 4.69) is 4.98 Å². The Morgan fingerprint density at radius 3 is 2.35 bits per heavy atom.